The molecular formula is C19H16FNO2S. The van der Waals surface area contributed by atoms with Crippen molar-refractivity contribution >= 4 is 22.9 Å². The molecule has 1 aromatic heterocycles. The summed E-state index contributed by atoms with van der Waals surface area (Å²) in [6.45, 7) is 0.430. The van der Waals surface area contributed by atoms with Crippen molar-refractivity contribution in [2.45, 2.75) is 6.54 Å². The molecule has 122 valence electrons. The quantitative estimate of drug-likeness (QED) is 0.671. The molecule has 0 saturated carbocycles. The molecule has 0 atom stereocenters. The summed E-state index contributed by atoms with van der Waals surface area (Å²) >= 11 is 1.58. The number of carbonyl (C=O) groups excluding carboxylic acids is 1. The lowest BCUT2D eigenvalue weighted by Gasteiger charge is -2.22. The molecule has 0 bridgehead atoms. The zero-order valence-corrected chi connectivity index (χ0v) is 13.9. The smallest absolute Gasteiger partial charge is 0.258 e. The van der Waals surface area contributed by atoms with E-state index >= 15 is 0 Å². The van der Waals surface area contributed by atoms with Crippen LogP contribution in [0.15, 0.2) is 66.0 Å². The van der Waals surface area contributed by atoms with Crippen molar-refractivity contribution in [3.05, 3.63) is 82.3 Å². The van der Waals surface area contributed by atoms with Crippen LogP contribution in [0.25, 0.3) is 0 Å². The molecule has 0 aliphatic carbocycles. The average Bonchev–Trinajstić information content (AvgIpc) is 3.13. The van der Waals surface area contributed by atoms with Gasteiger partial charge >= 0.3 is 0 Å². The van der Waals surface area contributed by atoms with E-state index in [0.29, 0.717) is 23.5 Å². The lowest BCUT2D eigenvalue weighted by molar-refractivity contribution is 0.0985. The monoisotopic (exact) mass is 341 g/mol. The molecule has 2 aromatic carbocycles. The summed E-state index contributed by atoms with van der Waals surface area (Å²) in [5.41, 5.74) is 1.17. The summed E-state index contributed by atoms with van der Waals surface area (Å²) in [4.78, 5) is 15.7. The van der Waals surface area contributed by atoms with Crippen LogP contribution in [-0.4, -0.2) is 13.0 Å². The summed E-state index contributed by atoms with van der Waals surface area (Å²) in [6, 6.07) is 16.9. The Hall–Kier alpha value is -2.66. The Morgan fingerprint density at radius 3 is 2.58 bits per heavy atom. The van der Waals surface area contributed by atoms with E-state index in [1.807, 2.05) is 17.5 Å². The molecule has 3 rings (SSSR count). The average molecular weight is 341 g/mol. The first-order valence-corrected chi connectivity index (χ1v) is 8.29. The molecule has 0 saturated heterocycles. The number of thiophene rings is 1. The molecule has 5 heteroatoms. The topological polar surface area (TPSA) is 29.5 Å². The molecule has 0 radical (unpaired) electrons. The highest BCUT2D eigenvalue weighted by molar-refractivity contribution is 7.09. The highest BCUT2D eigenvalue weighted by Gasteiger charge is 2.19. The molecule has 24 heavy (non-hydrogen) atoms. The number of nitrogens with zero attached hydrogens (tertiary/aromatic N) is 1. The molecule has 0 aliphatic heterocycles. The predicted octanol–water partition coefficient (Wildman–Crippen LogP) is 4.74. The maximum atomic E-state index is 13.2. The Morgan fingerprint density at radius 1 is 1.12 bits per heavy atom. The molecule has 3 nitrogen and oxygen atoms in total. The molecular weight excluding hydrogens is 325 g/mol. The standard InChI is InChI=1S/C19H16FNO2S/c1-23-17-5-2-4-14(12-17)19(22)21(13-18-6-3-11-24-18)16-9-7-15(20)8-10-16/h2-12H,13H2,1H3. The molecule has 0 N–H and O–H groups in total. The van der Waals surface area contributed by atoms with E-state index < -0.39 is 0 Å². The van der Waals surface area contributed by atoms with E-state index in [4.69, 9.17) is 4.74 Å². The number of hydrogen-bond acceptors (Lipinski definition) is 3. The van der Waals surface area contributed by atoms with Gasteiger partial charge in [-0.15, -0.1) is 11.3 Å². The number of hydrogen-bond donors (Lipinski definition) is 0. The number of carbonyl (C=O) groups is 1. The van der Waals surface area contributed by atoms with Crippen LogP contribution in [0.1, 0.15) is 15.2 Å². The SMILES string of the molecule is COc1cccc(C(=O)N(Cc2cccs2)c2ccc(F)cc2)c1. The van der Waals surface area contributed by atoms with Crippen LogP contribution in [0.3, 0.4) is 0 Å². The van der Waals surface area contributed by atoms with Gasteiger partial charge in [-0.05, 0) is 53.9 Å². The van der Waals surface area contributed by atoms with E-state index in [2.05, 4.69) is 0 Å². The summed E-state index contributed by atoms with van der Waals surface area (Å²) in [5.74, 6) is 0.133. The Bertz CT molecular complexity index is 816. The molecule has 0 fully saturated rings. The van der Waals surface area contributed by atoms with Crippen LogP contribution < -0.4 is 9.64 Å². The summed E-state index contributed by atoms with van der Waals surface area (Å²) in [5, 5.41) is 1.97. The van der Waals surface area contributed by atoms with Gasteiger partial charge in [-0.1, -0.05) is 12.1 Å². The van der Waals surface area contributed by atoms with Gasteiger partial charge in [-0.2, -0.15) is 0 Å². The lowest BCUT2D eigenvalue weighted by Crippen LogP contribution is -2.30. The van der Waals surface area contributed by atoms with Gasteiger partial charge in [-0.25, -0.2) is 4.39 Å². The number of benzene rings is 2. The number of ether oxygens (including phenoxy) is 1. The number of methoxy groups -OCH3 is 1. The molecule has 0 unspecified atom stereocenters. The van der Waals surface area contributed by atoms with Crippen LogP contribution in [0.2, 0.25) is 0 Å². The van der Waals surface area contributed by atoms with Crippen molar-refractivity contribution in [2.24, 2.45) is 0 Å². The van der Waals surface area contributed by atoms with Crippen molar-refractivity contribution in [1.82, 2.24) is 0 Å². The predicted molar refractivity (Wildman–Crippen MR) is 94.2 cm³/mol. The van der Waals surface area contributed by atoms with Crippen molar-refractivity contribution < 1.29 is 13.9 Å². The second-order valence-corrected chi connectivity index (χ2v) is 6.21. The second kappa shape index (κ2) is 7.27. The normalized spacial score (nSPS) is 10.4. The van der Waals surface area contributed by atoms with Gasteiger partial charge in [0, 0.05) is 16.1 Å². The molecule has 1 heterocycles. The first kappa shape index (κ1) is 16.2. The van der Waals surface area contributed by atoms with Gasteiger partial charge in [0.05, 0.1) is 13.7 Å². The Balaban J connectivity index is 1.96. The van der Waals surface area contributed by atoms with Gasteiger partial charge in [0.2, 0.25) is 0 Å². The molecule has 0 aliphatic rings. The molecule has 1 amide bonds. The number of amides is 1. The maximum Gasteiger partial charge on any atom is 0.258 e. The number of halogens is 1. The Kier molecular flexibility index (Phi) is 4.91. The van der Waals surface area contributed by atoms with E-state index in [-0.39, 0.29) is 11.7 Å². The van der Waals surface area contributed by atoms with Gasteiger partial charge in [-0.3, -0.25) is 4.79 Å². The van der Waals surface area contributed by atoms with E-state index in [9.17, 15) is 9.18 Å². The summed E-state index contributed by atoms with van der Waals surface area (Å²) < 4.78 is 18.4. The first-order valence-electron chi connectivity index (χ1n) is 7.41. The Morgan fingerprint density at radius 2 is 1.92 bits per heavy atom. The van der Waals surface area contributed by atoms with E-state index in [0.717, 1.165) is 4.88 Å². The van der Waals surface area contributed by atoms with Crippen molar-refractivity contribution in [1.29, 1.82) is 0 Å². The highest BCUT2D eigenvalue weighted by Crippen LogP contribution is 2.24. The van der Waals surface area contributed by atoms with Crippen LogP contribution in [0.5, 0.6) is 5.75 Å². The van der Waals surface area contributed by atoms with Crippen LogP contribution in [-0.2, 0) is 6.54 Å². The fourth-order valence-electron chi connectivity index (χ4n) is 2.37. The van der Waals surface area contributed by atoms with Gasteiger partial charge in [0.1, 0.15) is 11.6 Å². The zero-order valence-electron chi connectivity index (χ0n) is 13.1. The Labute approximate surface area is 143 Å². The number of rotatable bonds is 5. The third-order valence-electron chi connectivity index (χ3n) is 3.59. The fraction of sp³-hybridized carbons (Fsp3) is 0.105. The minimum atomic E-state index is -0.330. The third kappa shape index (κ3) is 3.63. The van der Waals surface area contributed by atoms with E-state index in [1.165, 1.54) is 12.1 Å². The van der Waals surface area contributed by atoms with Gasteiger partial charge in [0.15, 0.2) is 0 Å². The van der Waals surface area contributed by atoms with Crippen molar-refractivity contribution in [2.75, 3.05) is 12.0 Å². The fourth-order valence-corrected chi connectivity index (χ4v) is 3.06. The lowest BCUT2D eigenvalue weighted by atomic mass is 10.1. The first-order chi connectivity index (χ1) is 11.7. The van der Waals surface area contributed by atoms with Crippen LogP contribution >= 0.6 is 11.3 Å². The summed E-state index contributed by atoms with van der Waals surface area (Å²) in [6.07, 6.45) is 0. The van der Waals surface area contributed by atoms with Crippen LogP contribution in [0.4, 0.5) is 10.1 Å². The van der Waals surface area contributed by atoms with Gasteiger partial charge < -0.3 is 9.64 Å². The second-order valence-electron chi connectivity index (χ2n) is 5.18. The maximum absolute atomic E-state index is 13.2. The van der Waals surface area contributed by atoms with Crippen molar-refractivity contribution in [3.8, 4) is 5.75 Å². The highest BCUT2D eigenvalue weighted by atomic mass is 32.1. The zero-order chi connectivity index (χ0) is 16.9. The summed E-state index contributed by atoms with van der Waals surface area (Å²) in [7, 11) is 1.56. The van der Waals surface area contributed by atoms with Gasteiger partial charge in [0.25, 0.3) is 5.91 Å². The minimum Gasteiger partial charge on any atom is -0.497 e. The third-order valence-corrected chi connectivity index (χ3v) is 4.46. The minimum absolute atomic E-state index is 0.158. The largest absolute Gasteiger partial charge is 0.497 e. The van der Waals surface area contributed by atoms with Crippen molar-refractivity contribution in [3.63, 3.8) is 0 Å². The van der Waals surface area contributed by atoms with Crippen LogP contribution in [0, 0.1) is 5.82 Å². The van der Waals surface area contributed by atoms with E-state index in [1.54, 1.807) is 59.7 Å². The molecule has 0 spiro atoms. The number of anilines is 1. The molecule has 3 aromatic rings.